The van der Waals surface area contributed by atoms with Gasteiger partial charge in [0.05, 0.1) is 12.0 Å². The third-order valence-electron chi connectivity index (χ3n) is 3.38. The van der Waals surface area contributed by atoms with Crippen LogP contribution in [0.1, 0.15) is 24.5 Å². The van der Waals surface area contributed by atoms with Gasteiger partial charge in [-0.25, -0.2) is 0 Å². The van der Waals surface area contributed by atoms with E-state index in [0.717, 1.165) is 31.0 Å². The Bertz CT molecular complexity index is 480. The van der Waals surface area contributed by atoms with Crippen LogP contribution in [0.2, 0.25) is 0 Å². The first-order valence-corrected chi connectivity index (χ1v) is 6.74. The molecule has 0 fully saturated rings. The number of ether oxygens (including phenoxy) is 2. The van der Waals surface area contributed by atoms with Gasteiger partial charge < -0.3 is 14.8 Å². The van der Waals surface area contributed by atoms with Crippen LogP contribution < -0.4 is 14.8 Å². The van der Waals surface area contributed by atoms with Gasteiger partial charge in [0.1, 0.15) is 13.2 Å². The van der Waals surface area contributed by atoms with Crippen molar-refractivity contribution in [2.75, 3.05) is 19.8 Å². The summed E-state index contributed by atoms with van der Waals surface area (Å²) in [6.45, 7) is 6.79. The van der Waals surface area contributed by atoms with Crippen molar-refractivity contribution in [2.45, 2.75) is 26.8 Å². The number of nitriles is 1. The number of hydrogen-bond donors (Lipinski definition) is 1. The Morgan fingerprint density at radius 1 is 1.32 bits per heavy atom. The van der Waals surface area contributed by atoms with Crippen LogP contribution in [0.25, 0.3) is 0 Å². The molecule has 1 atom stereocenters. The highest BCUT2D eigenvalue weighted by molar-refractivity contribution is 5.47. The largest absolute Gasteiger partial charge is 0.486 e. The topological polar surface area (TPSA) is 54.3 Å². The first kappa shape index (κ1) is 13.7. The fourth-order valence-electron chi connectivity index (χ4n) is 2.09. The fraction of sp³-hybridized carbons (Fsp3) is 0.533. The number of benzene rings is 1. The molecule has 1 aromatic carbocycles. The molecule has 1 heterocycles. The minimum absolute atomic E-state index is 0.0810. The first-order chi connectivity index (χ1) is 9.24. The van der Waals surface area contributed by atoms with Crippen LogP contribution in [0.15, 0.2) is 12.1 Å². The van der Waals surface area contributed by atoms with Gasteiger partial charge in [0.15, 0.2) is 11.5 Å². The Kier molecular flexibility index (Phi) is 4.64. The van der Waals surface area contributed by atoms with Crippen molar-refractivity contribution in [3.05, 3.63) is 23.3 Å². The van der Waals surface area contributed by atoms with Crippen molar-refractivity contribution in [3.8, 4) is 17.6 Å². The van der Waals surface area contributed by atoms with Crippen LogP contribution in [0.4, 0.5) is 0 Å². The quantitative estimate of drug-likeness (QED) is 0.883. The molecule has 0 amide bonds. The second-order valence-electron chi connectivity index (χ2n) is 4.79. The van der Waals surface area contributed by atoms with Crippen molar-refractivity contribution >= 4 is 0 Å². The lowest BCUT2D eigenvalue weighted by molar-refractivity contribution is 0.171. The molecule has 1 N–H and O–H groups in total. The van der Waals surface area contributed by atoms with E-state index in [2.05, 4.69) is 18.3 Å². The van der Waals surface area contributed by atoms with Crippen LogP contribution in [0.3, 0.4) is 0 Å². The van der Waals surface area contributed by atoms with Crippen molar-refractivity contribution in [3.63, 3.8) is 0 Å². The van der Waals surface area contributed by atoms with E-state index in [9.17, 15) is 0 Å². The van der Waals surface area contributed by atoms with Crippen molar-refractivity contribution in [1.29, 1.82) is 5.26 Å². The summed E-state index contributed by atoms with van der Waals surface area (Å²) in [5, 5.41) is 12.2. The molecule has 0 spiro atoms. The van der Waals surface area contributed by atoms with Crippen molar-refractivity contribution in [1.82, 2.24) is 5.32 Å². The van der Waals surface area contributed by atoms with Gasteiger partial charge in [-0.1, -0.05) is 6.92 Å². The zero-order valence-electron chi connectivity index (χ0n) is 11.5. The van der Waals surface area contributed by atoms with E-state index in [4.69, 9.17) is 14.7 Å². The average molecular weight is 260 g/mol. The summed E-state index contributed by atoms with van der Waals surface area (Å²) in [6.07, 6.45) is 0.879. The Hall–Kier alpha value is -1.73. The minimum Gasteiger partial charge on any atom is -0.486 e. The predicted molar refractivity (Wildman–Crippen MR) is 73.3 cm³/mol. The van der Waals surface area contributed by atoms with Crippen LogP contribution in [0.5, 0.6) is 11.5 Å². The summed E-state index contributed by atoms with van der Waals surface area (Å²) < 4.78 is 11.1. The predicted octanol–water partition coefficient (Wildman–Crippen LogP) is 2.41. The van der Waals surface area contributed by atoms with Gasteiger partial charge in [-0.05, 0) is 36.6 Å². The highest BCUT2D eigenvalue weighted by Gasteiger charge is 2.14. The second kappa shape index (κ2) is 6.44. The standard InChI is InChI=1S/C15H20N2O2/c1-3-12(8-16)9-17-10-13-7-15-14(6-11(13)2)18-4-5-19-15/h6-7,12,17H,3-5,9-10H2,1-2H3. The van der Waals surface area contributed by atoms with E-state index < -0.39 is 0 Å². The highest BCUT2D eigenvalue weighted by atomic mass is 16.6. The lowest BCUT2D eigenvalue weighted by Crippen LogP contribution is -2.22. The number of hydrogen-bond acceptors (Lipinski definition) is 4. The molecule has 1 aliphatic heterocycles. The molecular formula is C15H20N2O2. The summed E-state index contributed by atoms with van der Waals surface area (Å²) >= 11 is 0. The smallest absolute Gasteiger partial charge is 0.161 e. The molecule has 4 heteroatoms. The van der Waals surface area contributed by atoms with E-state index >= 15 is 0 Å². The molecule has 4 nitrogen and oxygen atoms in total. The maximum Gasteiger partial charge on any atom is 0.161 e. The van der Waals surface area contributed by atoms with E-state index in [-0.39, 0.29) is 5.92 Å². The SMILES string of the molecule is CCC(C#N)CNCc1cc2c(cc1C)OCCO2. The summed E-state index contributed by atoms with van der Waals surface area (Å²) in [6, 6.07) is 6.35. The van der Waals surface area contributed by atoms with Crippen LogP contribution in [0, 0.1) is 24.2 Å². The third kappa shape index (κ3) is 3.39. The molecule has 1 aliphatic rings. The van der Waals surface area contributed by atoms with Crippen LogP contribution in [-0.2, 0) is 6.54 Å². The highest BCUT2D eigenvalue weighted by Crippen LogP contribution is 2.32. The number of fused-ring (bicyclic) bond motifs is 1. The molecule has 0 bridgehead atoms. The summed E-state index contributed by atoms with van der Waals surface area (Å²) in [7, 11) is 0. The minimum atomic E-state index is 0.0810. The molecule has 0 saturated heterocycles. The molecule has 19 heavy (non-hydrogen) atoms. The molecule has 1 aromatic rings. The van der Waals surface area contributed by atoms with Gasteiger partial charge in [-0.3, -0.25) is 0 Å². The maximum atomic E-state index is 8.91. The lowest BCUT2D eigenvalue weighted by Gasteiger charge is -2.20. The van der Waals surface area contributed by atoms with Gasteiger partial charge in [0.25, 0.3) is 0 Å². The maximum absolute atomic E-state index is 8.91. The van der Waals surface area contributed by atoms with Gasteiger partial charge in [0.2, 0.25) is 0 Å². The van der Waals surface area contributed by atoms with Gasteiger partial charge in [0, 0.05) is 13.1 Å². The summed E-state index contributed by atoms with van der Waals surface area (Å²) in [4.78, 5) is 0. The fourth-order valence-corrected chi connectivity index (χ4v) is 2.09. The zero-order valence-corrected chi connectivity index (χ0v) is 11.5. The van der Waals surface area contributed by atoms with E-state index in [0.29, 0.717) is 13.2 Å². The average Bonchev–Trinajstić information content (AvgIpc) is 2.44. The molecule has 0 saturated carbocycles. The molecule has 0 aromatic heterocycles. The summed E-state index contributed by atoms with van der Waals surface area (Å²) in [5.41, 5.74) is 2.37. The van der Waals surface area contributed by atoms with Crippen molar-refractivity contribution in [2.24, 2.45) is 5.92 Å². The van der Waals surface area contributed by atoms with E-state index in [1.807, 2.05) is 19.1 Å². The summed E-state index contributed by atoms with van der Waals surface area (Å²) in [5.74, 6) is 1.73. The monoisotopic (exact) mass is 260 g/mol. The Balaban J connectivity index is 1.99. The van der Waals surface area contributed by atoms with E-state index in [1.54, 1.807) is 0 Å². The Morgan fingerprint density at radius 2 is 2.00 bits per heavy atom. The zero-order chi connectivity index (χ0) is 13.7. The number of aryl methyl sites for hydroxylation is 1. The molecule has 1 unspecified atom stereocenters. The Morgan fingerprint density at radius 3 is 2.63 bits per heavy atom. The number of nitrogens with one attached hydrogen (secondary N) is 1. The van der Waals surface area contributed by atoms with Gasteiger partial charge in [-0.15, -0.1) is 0 Å². The first-order valence-electron chi connectivity index (χ1n) is 6.74. The Labute approximate surface area is 114 Å². The lowest BCUT2D eigenvalue weighted by atomic mass is 10.1. The third-order valence-corrected chi connectivity index (χ3v) is 3.38. The molecule has 0 radical (unpaired) electrons. The molecule has 0 aliphatic carbocycles. The number of rotatable bonds is 5. The molecule has 2 rings (SSSR count). The van der Waals surface area contributed by atoms with Crippen LogP contribution >= 0.6 is 0 Å². The molecule has 102 valence electrons. The molecular weight excluding hydrogens is 240 g/mol. The van der Waals surface area contributed by atoms with Crippen molar-refractivity contribution < 1.29 is 9.47 Å². The van der Waals surface area contributed by atoms with Gasteiger partial charge in [-0.2, -0.15) is 5.26 Å². The van der Waals surface area contributed by atoms with Crippen LogP contribution in [-0.4, -0.2) is 19.8 Å². The second-order valence-corrected chi connectivity index (χ2v) is 4.79. The van der Waals surface area contributed by atoms with E-state index in [1.165, 1.54) is 11.1 Å². The normalized spacial score (nSPS) is 14.8. The number of nitrogens with zero attached hydrogens (tertiary/aromatic N) is 1. The van der Waals surface area contributed by atoms with Gasteiger partial charge >= 0.3 is 0 Å².